The van der Waals surface area contributed by atoms with Crippen LogP contribution in [-0.2, 0) is 0 Å². The van der Waals surface area contributed by atoms with Gasteiger partial charge in [0.05, 0.1) is 11.8 Å². The zero-order valence-corrected chi connectivity index (χ0v) is 12.0. The highest BCUT2D eigenvalue weighted by Crippen LogP contribution is 2.17. The molecule has 0 aliphatic rings. The topological polar surface area (TPSA) is 77.5 Å². The second kappa shape index (κ2) is 6.12. The van der Waals surface area contributed by atoms with Gasteiger partial charge in [0.1, 0.15) is 4.88 Å². The van der Waals surface area contributed by atoms with Crippen molar-refractivity contribution in [3.63, 3.8) is 0 Å². The minimum atomic E-state index is -0.949. The predicted molar refractivity (Wildman–Crippen MR) is 73.2 cm³/mol. The molecule has 0 spiro atoms. The van der Waals surface area contributed by atoms with Gasteiger partial charge in [-0.25, -0.2) is 4.98 Å². The van der Waals surface area contributed by atoms with E-state index in [-0.39, 0.29) is 12.5 Å². The molecule has 0 bridgehead atoms. The first-order valence-corrected chi connectivity index (χ1v) is 6.44. The number of carbonyl (C=O) groups excluding carboxylic acids is 1. The fraction of sp³-hybridized carbons (Fsp3) is 0.636. The van der Waals surface area contributed by atoms with E-state index in [1.807, 2.05) is 19.0 Å². The lowest BCUT2D eigenvalue weighted by atomic mass is 10.1. The maximum Gasteiger partial charge on any atom is 0.263 e. The minimum Gasteiger partial charge on any atom is -0.387 e. The average Bonchev–Trinajstić information content (AvgIpc) is 2.72. The summed E-state index contributed by atoms with van der Waals surface area (Å²) < 4.78 is 0. The Bertz CT molecular complexity index is 404. The lowest BCUT2D eigenvalue weighted by Gasteiger charge is -2.26. The van der Waals surface area contributed by atoms with Crippen molar-refractivity contribution in [2.45, 2.75) is 12.5 Å². The van der Waals surface area contributed by atoms with Gasteiger partial charge in [-0.15, -0.1) is 0 Å². The number of amides is 1. The van der Waals surface area contributed by atoms with Crippen molar-refractivity contribution < 1.29 is 9.90 Å². The fourth-order valence-electron chi connectivity index (χ4n) is 1.59. The second-order valence-electron chi connectivity index (χ2n) is 4.70. The van der Waals surface area contributed by atoms with Gasteiger partial charge in [-0.1, -0.05) is 11.3 Å². The summed E-state index contributed by atoms with van der Waals surface area (Å²) in [5.41, 5.74) is -0.949. The quantitative estimate of drug-likeness (QED) is 0.691. The number of hydrogen-bond acceptors (Lipinski definition) is 6. The summed E-state index contributed by atoms with van der Waals surface area (Å²) >= 11 is 1.28. The lowest BCUT2D eigenvalue weighted by Crippen LogP contribution is -2.47. The summed E-state index contributed by atoms with van der Waals surface area (Å²) in [6.45, 7) is 2.38. The van der Waals surface area contributed by atoms with Crippen LogP contribution in [0.5, 0.6) is 0 Å². The van der Waals surface area contributed by atoms with E-state index in [1.165, 1.54) is 17.5 Å². The van der Waals surface area contributed by atoms with Crippen LogP contribution < -0.4 is 10.6 Å². The van der Waals surface area contributed by atoms with Crippen LogP contribution in [0.15, 0.2) is 6.20 Å². The van der Waals surface area contributed by atoms with Crippen molar-refractivity contribution in [3.05, 3.63) is 11.1 Å². The minimum absolute atomic E-state index is 0.205. The normalized spacial score (nSPS) is 14.3. The van der Waals surface area contributed by atoms with Crippen LogP contribution in [0.4, 0.5) is 5.13 Å². The molecule has 0 aliphatic heterocycles. The lowest BCUT2D eigenvalue weighted by molar-refractivity contribution is 0.0326. The van der Waals surface area contributed by atoms with Crippen LogP contribution in [0.1, 0.15) is 16.6 Å². The van der Waals surface area contributed by atoms with Gasteiger partial charge in [0.2, 0.25) is 0 Å². The molecule has 0 saturated carbocycles. The van der Waals surface area contributed by atoms with Crippen LogP contribution in [0.2, 0.25) is 0 Å². The Labute approximate surface area is 111 Å². The third-order valence-corrected chi connectivity index (χ3v) is 3.24. The van der Waals surface area contributed by atoms with Crippen LogP contribution in [0.25, 0.3) is 0 Å². The van der Waals surface area contributed by atoms with Gasteiger partial charge in [-0.3, -0.25) is 4.79 Å². The summed E-state index contributed by atoms with van der Waals surface area (Å²) in [7, 11) is 5.50. The number of aliphatic hydroxyl groups is 1. The van der Waals surface area contributed by atoms with Gasteiger partial charge in [-0.2, -0.15) is 0 Å². The zero-order valence-electron chi connectivity index (χ0n) is 11.1. The first kappa shape index (κ1) is 14.9. The summed E-state index contributed by atoms with van der Waals surface area (Å²) in [6.07, 6.45) is 1.52. The Morgan fingerprint density at radius 1 is 1.61 bits per heavy atom. The van der Waals surface area contributed by atoms with Crippen molar-refractivity contribution in [2.75, 3.05) is 39.5 Å². The molecule has 1 unspecified atom stereocenters. The molecule has 102 valence electrons. The Morgan fingerprint density at radius 2 is 2.28 bits per heavy atom. The maximum atomic E-state index is 11.8. The number of aromatic nitrogens is 1. The molecule has 0 fully saturated rings. The Morgan fingerprint density at radius 3 is 2.78 bits per heavy atom. The van der Waals surface area contributed by atoms with E-state index in [2.05, 4.69) is 15.6 Å². The Balaban J connectivity index is 2.50. The molecule has 1 aromatic rings. The van der Waals surface area contributed by atoms with E-state index in [0.29, 0.717) is 16.6 Å². The number of rotatable bonds is 6. The van der Waals surface area contributed by atoms with Crippen molar-refractivity contribution >= 4 is 22.4 Å². The number of anilines is 1. The van der Waals surface area contributed by atoms with Gasteiger partial charge < -0.3 is 20.6 Å². The summed E-state index contributed by atoms with van der Waals surface area (Å²) in [5, 5.41) is 16.3. The number of nitrogens with zero attached hydrogens (tertiary/aromatic N) is 2. The molecule has 0 aliphatic carbocycles. The van der Waals surface area contributed by atoms with E-state index in [0.717, 1.165) is 0 Å². The molecular weight excluding hydrogens is 252 g/mol. The van der Waals surface area contributed by atoms with Crippen LogP contribution in [-0.4, -0.2) is 60.7 Å². The number of hydrogen-bond donors (Lipinski definition) is 3. The number of nitrogens with one attached hydrogen (secondary N) is 2. The highest BCUT2D eigenvalue weighted by atomic mass is 32.1. The standard InChI is InChI=1S/C11H20N4O2S/c1-11(17,7-15(3)4)6-14-9(16)8-5-13-10(12-2)18-8/h5,17H,6-7H2,1-4H3,(H,12,13)(H,14,16). The first-order chi connectivity index (χ1) is 8.34. The zero-order chi connectivity index (χ0) is 13.8. The Hall–Kier alpha value is -1.18. The molecule has 18 heavy (non-hydrogen) atoms. The van der Waals surface area contributed by atoms with E-state index in [1.54, 1.807) is 14.0 Å². The van der Waals surface area contributed by atoms with E-state index in [4.69, 9.17) is 0 Å². The Kier molecular flexibility index (Phi) is 5.06. The third kappa shape index (κ3) is 4.59. The largest absolute Gasteiger partial charge is 0.387 e. The molecule has 0 aromatic carbocycles. The average molecular weight is 272 g/mol. The molecule has 0 saturated heterocycles. The highest BCUT2D eigenvalue weighted by Gasteiger charge is 2.22. The van der Waals surface area contributed by atoms with E-state index >= 15 is 0 Å². The second-order valence-corrected chi connectivity index (χ2v) is 5.73. The highest BCUT2D eigenvalue weighted by molar-refractivity contribution is 7.17. The molecule has 6 nitrogen and oxygen atoms in total. The molecule has 0 radical (unpaired) electrons. The van der Waals surface area contributed by atoms with Gasteiger partial charge in [-0.05, 0) is 21.0 Å². The fourth-order valence-corrected chi connectivity index (χ4v) is 2.28. The van der Waals surface area contributed by atoms with E-state index < -0.39 is 5.60 Å². The van der Waals surface area contributed by atoms with Crippen LogP contribution in [0, 0.1) is 0 Å². The molecular formula is C11H20N4O2S. The smallest absolute Gasteiger partial charge is 0.263 e. The van der Waals surface area contributed by atoms with Crippen molar-refractivity contribution in [1.82, 2.24) is 15.2 Å². The number of likely N-dealkylation sites (N-methyl/N-ethyl adjacent to an activating group) is 1. The third-order valence-electron chi connectivity index (χ3n) is 2.23. The van der Waals surface area contributed by atoms with Gasteiger partial charge in [0.25, 0.3) is 5.91 Å². The summed E-state index contributed by atoms with van der Waals surface area (Å²) in [4.78, 5) is 18.2. The van der Waals surface area contributed by atoms with Gasteiger partial charge in [0, 0.05) is 20.1 Å². The van der Waals surface area contributed by atoms with Crippen LogP contribution in [0.3, 0.4) is 0 Å². The first-order valence-electron chi connectivity index (χ1n) is 5.63. The molecule has 1 heterocycles. The summed E-state index contributed by atoms with van der Waals surface area (Å²) in [6, 6.07) is 0. The maximum absolute atomic E-state index is 11.8. The van der Waals surface area contributed by atoms with E-state index in [9.17, 15) is 9.90 Å². The van der Waals surface area contributed by atoms with Crippen molar-refractivity contribution in [1.29, 1.82) is 0 Å². The predicted octanol–water partition coefficient (Wildman–Crippen LogP) is 0.227. The monoisotopic (exact) mass is 272 g/mol. The SMILES string of the molecule is CNc1ncc(C(=O)NCC(C)(O)CN(C)C)s1. The van der Waals surface area contributed by atoms with Crippen molar-refractivity contribution in [3.8, 4) is 0 Å². The summed E-state index contributed by atoms with van der Waals surface area (Å²) in [5.74, 6) is -0.215. The molecule has 7 heteroatoms. The molecule has 1 amide bonds. The molecule has 1 aromatic heterocycles. The van der Waals surface area contributed by atoms with Gasteiger partial charge >= 0.3 is 0 Å². The van der Waals surface area contributed by atoms with Crippen LogP contribution >= 0.6 is 11.3 Å². The number of thiazole rings is 1. The molecule has 3 N–H and O–H groups in total. The van der Waals surface area contributed by atoms with Gasteiger partial charge in [0.15, 0.2) is 5.13 Å². The molecule has 1 atom stereocenters. The van der Waals surface area contributed by atoms with Crippen molar-refractivity contribution in [2.24, 2.45) is 0 Å². The molecule has 1 rings (SSSR count). The number of carbonyl (C=O) groups is 1.